The highest BCUT2D eigenvalue weighted by molar-refractivity contribution is 4.80. The van der Waals surface area contributed by atoms with E-state index in [9.17, 15) is 0 Å². The van der Waals surface area contributed by atoms with E-state index >= 15 is 0 Å². The molecule has 1 N–H and O–H groups in total. The molecule has 1 rings (SSSR count). The lowest BCUT2D eigenvalue weighted by molar-refractivity contribution is 0.0657. The molecule has 1 aliphatic heterocycles. The van der Waals surface area contributed by atoms with Gasteiger partial charge in [-0.05, 0) is 32.9 Å². The molecule has 0 saturated carbocycles. The normalized spacial score (nSPS) is 23.3. The summed E-state index contributed by atoms with van der Waals surface area (Å²) in [5, 5.41) is 3.69. The Morgan fingerprint density at radius 2 is 2.00 bits per heavy atom. The number of nitrogens with one attached hydrogen (secondary N) is 1. The highest BCUT2D eigenvalue weighted by Gasteiger charge is 2.22. The van der Waals surface area contributed by atoms with Gasteiger partial charge in [0.25, 0.3) is 0 Å². The van der Waals surface area contributed by atoms with E-state index < -0.39 is 0 Å². The van der Waals surface area contributed by atoms with Crippen molar-refractivity contribution in [1.82, 2.24) is 10.2 Å². The first-order valence-corrected chi connectivity index (χ1v) is 7.16. The van der Waals surface area contributed by atoms with Gasteiger partial charge in [-0.1, -0.05) is 26.7 Å². The molecule has 1 saturated heterocycles. The van der Waals surface area contributed by atoms with E-state index in [0.717, 1.165) is 25.7 Å². The van der Waals surface area contributed by atoms with Crippen molar-refractivity contribution >= 4 is 0 Å². The van der Waals surface area contributed by atoms with Crippen LogP contribution in [-0.4, -0.2) is 50.8 Å². The zero-order valence-electron chi connectivity index (χ0n) is 12.0. The lowest BCUT2D eigenvalue weighted by Gasteiger charge is -2.34. The van der Waals surface area contributed by atoms with Gasteiger partial charge in [0, 0.05) is 25.2 Å². The molecule has 2 unspecified atom stereocenters. The van der Waals surface area contributed by atoms with E-state index in [1.165, 1.54) is 25.7 Å². The van der Waals surface area contributed by atoms with E-state index in [-0.39, 0.29) is 0 Å². The first-order chi connectivity index (χ1) is 8.19. The van der Waals surface area contributed by atoms with Gasteiger partial charge in [-0.25, -0.2) is 0 Å². The average molecular weight is 242 g/mol. The maximum Gasteiger partial charge on any atom is 0.0619 e. The predicted octanol–water partition coefficient (Wildman–Crippen LogP) is 2.12. The summed E-state index contributed by atoms with van der Waals surface area (Å²) in [6, 6.07) is 1.22. The van der Waals surface area contributed by atoms with E-state index in [1.807, 2.05) is 0 Å². The highest BCUT2D eigenvalue weighted by atomic mass is 16.5. The minimum atomic E-state index is 0.570. The second kappa shape index (κ2) is 8.06. The second-order valence-electron chi connectivity index (χ2n) is 5.43. The number of ether oxygens (including phenoxy) is 1. The van der Waals surface area contributed by atoms with E-state index in [1.54, 1.807) is 0 Å². The molecule has 0 aromatic rings. The van der Waals surface area contributed by atoms with Gasteiger partial charge in [0.2, 0.25) is 0 Å². The largest absolute Gasteiger partial charge is 0.380 e. The quantitative estimate of drug-likeness (QED) is 0.740. The number of likely N-dealkylation sites (N-methyl/N-ethyl adjacent to an activating group) is 1. The van der Waals surface area contributed by atoms with Crippen LogP contribution in [-0.2, 0) is 4.74 Å². The minimum absolute atomic E-state index is 0.570. The fraction of sp³-hybridized carbons (Fsp3) is 1.00. The third kappa shape index (κ3) is 4.94. The van der Waals surface area contributed by atoms with E-state index in [4.69, 9.17) is 4.74 Å². The van der Waals surface area contributed by atoms with Gasteiger partial charge < -0.3 is 15.0 Å². The van der Waals surface area contributed by atoms with Crippen molar-refractivity contribution in [2.45, 2.75) is 51.6 Å². The first kappa shape index (κ1) is 14.9. The van der Waals surface area contributed by atoms with Crippen LogP contribution in [0.1, 0.15) is 39.5 Å². The Balaban J connectivity index is 2.37. The molecule has 102 valence electrons. The molecule has 0 aliphatic carbocycles. The lowest BCUT2D eigenvalue weighted by Crippen LogP contribution is -2.47. The van der Waals surface area contributed by atoms with Gasteiger partial charge in [0.15, 0.2) is 0 Å². The van der Waals surface area contributed by atoms with Crippen LogP contribution >= 0.6 is 0 Å². The summed E-state index contributed by atoms with van der Waals surface area (Å²) in [6.07, 6.45) is 5.00. The Bertz CT molecular complexity index is 187. The molecule has 0 aromatic carbocycles. The maximum atomic E-state index is 5.51. The first-order valence-electron chi connectivity index (χ1n) is 7.16. The summed E-state index contributed by atoms with van der Waals surface area (Å²) in [5.41, 5.74) is 0. The van der Waals surface area contributed by atoms with Crippen molar-refractivity contribution in [1.29, 1.82) is 0 Å². The molecule has 0 bridgehead atoms. The number of rotatable bonds is 7. The van der Waals surface area contributed by atoms with Crippen molar-refractivity contribution in [2.75, 3.05) is 33.9 Å². The van der Waals surface area contributed by atoms with Crippen LogP contribution in [0.2, 0.25) is 0 Å². The monoisotopic (exact) mass is 242 g/mol. The van der Waals surface area contributed by atoms with Crippen LogP contribution in [0.4, 0.5) is 0 Å². The molecule has 0 amide bonds. The van der Waals surface area contributed by atoms with Crippen molar-refractivity contribution in [3.63, 3.8) is 0 Å². The zero-order chi connectivity index (χ0) is 12.7. The summed E-state index contributed by atoms with van der Waals surface area (Å²) in [7, 11) is 4.39. The van der Waals surface area contributed by atoms with Crippen molar-refractivity contribution in [2.24, 2.45) is 5.92 Å². The van der Waals surface area contributed by atoms with Crippen LogP contribution < -0.4 is 5.32 Å². The van der Waals surface area contributed by atoms with Gasteiger partial charge in [0.1, 0.15) is 0 Å². The van der Waals surface area contributed by atoms with Gasteiger partial charge in [-0.3, -0.25) is 0 Å². The lowest BCUT2D eigenvalue weighted by atomic mass is 9.93. The van der Waals surface area contributed by atoms with Crippen LogP contribution in [0.25, 0.3) is 0 Å². The molecule has 1 aliphatic rings. The topological polar surface area (TPSA) is 24.5 Å². The maximum absolute atomic E-state index is 5.51. The average Bonchev–Trinajstić information content (AvgIpc) is 2.35. The molecule has 0 aromatic heterocycles. The van der Waals surface area contributed by atoms with Crippen LogP contribution in [0.15, 0.2) is 0 Å². The Morgan fingerprint density at radius 1 is 1.29 bits per heavy atom. The van der Waals surface area contributed by atoms with Gasteiger partial charge in [-0.2, -0.15) is 0 Å². The Labute approximate surface area is 107 Å². The fourth-order valence-corrected chi connectivity index (χ4v) is 2.79. The zero-order valence-corrected chi connectivity index (χ0v) is 12.0. The molecule has 1 heterocycles. The standard InChI is InChI=1S/C14H30N2O/c1-5-12(6-2)14(16(3)4)10-15-13-8-7-9-17-11-13/h12-15H,5-11H2,1-4H3. The van der Waals surface area contributed by atoms with Crippen LogP contribution in [0, 0.1) is 5.92 Å². The molecule has 3 nitrogen and oxygen atoms in total. The molecule has 0 radical (unpaired) electrons. The third-order valence-electron chi connectivity index (χ3n) is 4.03. The molecule has 3 heteroatoms. The van der Waals surface area contributed by atoms with Gasteiger partial charge in [0.05, 0.1) is 6.61 Å². The van der Waals surface area contributed by atoms with E-state index in [0.29, 0.717) is 12.1 Å². The highest BCUT2D eigenvalue weighted by Crippen LogP contribution is 2.17. The molecule has 17 heavy (non-hydrogen) atoms. The number of nitrogens with zero attached hydrogens (tertiary/aromatic N) is 1. The number of hydrogen-bond donors (Lipinski definition) is 1. The smallest absolute Gasteiger partial charge is 0.0619 e. The molecular weight excluding hydrogens is 212 g/mol. The molecular formula is C14H30N2O. The van der Waals surface area contributed by atoms with Crippen molar-refractivity contribution in [3.05, 3.63) is 0 Å². The second-order valence-corrected chi connectivity index (χ2v) is 5.43. The molecule has 2 atom stereocenters. The molecule has 0 spiro atoms. The van der Waals surface area contributed by atoms with Crippen molar-refractivity contribution < 1.29 is 4.74 Å². The fourth-order valence-electron chi connectivity index (χ4n) is 2.79. The summed E-state index contributed by atoms with van der Waals surface area (Å²) < 4.78 is 5.51. The Kier molecular flexibility index (Phi) is 7.09. The third-order valence-corrected chi connectivity index (χ3v) is 4.03. The summed E-state index contributed by atoms with van der Waals surface area (Å²) in [6.45, 7) is 7.53. The summed E-state index contributed by atoms with van der Waals surface area (Å²) in [4.78, 5) is 2.37. The molecule has 1 fully saturated rings. The SMILES string of the molecule is CCC(CC)C(CNC1CCCOC1)N(C)C. The van der Waals surface area contributed by atoms with Gasteiger partial charge in [-0.15, -0.1) is 0 Å². The Morgan fingerprint density at radius 3 is 2.47 bits per heavy atom. The van der Waals surface area contributed by atoms with E-state index in [2.05, 4.69) is 38.2 Å². The van der Waals surface area contributed by atoms with Crippen LogP contribution in [0.5, 0.6) is 0 Å². The van der Waals surface area contributed by atoms with Crippen LogP contribution in [0.3, 0.4) is 0 Å². The predicted molar refractivity (Wildman–Crippen MR) is 73.4 cm³/mol. The summed E-state index contributed by atoms with van der Waals surface area (Å²) >= 11 is 0. The Hall–Kier alpha value is -0.120. The van der Waals surface area contributed by atoms with Gasteiger partial charge >= 0.3 is 0 Å². The number of hydrogen-bond acceptors (Lipinski definition) is 3. The minimum Gasteiger partial charge on any atom is -0.380 e. The summed E-state index contributed by atoms with van der Waals surface area (Å²) in [5.74, 6) is 0.794. The van der Waals surface area contributed by atoms with Crippen molar-refractivity contribution in [3.8, 4) is 0 Å².